The second kappa shape index (κ2) is 7.83. The lowest BCUT2D eigenvalue weighted by molar-refractivity contribution is 0.0980. The van der Waals surface area contributed by atoms with Crippen LogP contribution in [0.5, 0.6) is 0 Å². The van der Waals surface area contributed by atoms with Crippen molar-refractivity contribution in [2.24, 2.45) is 0 Å². The van der Waals surface area contributed by atoms with Gasteiger partial charge < -0.3 is 4.98 Å². The zero-order chi connectivity index (χ0) is 14.2. The molecular weight excluding hydrogens is 248 g/mol. The van der Waals surface area contributed by atoms with Crippen LogP contribution in [0.25, 0.3) is 10.9 Å². The molecule has 108 valence electrons. The quantitative estimate of drug-likeness (QED) is 0.522. The fraction of sp³-hybridized carbons (Fsp3) is 0.529. The molecule has 0 unspecified atom stereocenters. The Kier molecular flexibility index (Phi) is 5.78. The van der Waals surface area contributed by atoms with Gasteiger partial charge in [0.15, 0.2) is 5.78 Å². The highest BCUT2D eigenvalue weighted by molar-refractivity contribution is 6.07. The number of pyridine rings is 1. The third kappa shape index (κ3) is 3.92. The van der Waals surface area contributed by atoms with E-state index >= 15 is 0 Å². The molecule has 20 heavy (non-hydrogen) atoms. The van der Waals surface area contributed by atoms with Crippen LogP contribution in [-0.4, -0.2) is 15.8 Å². The molecule has 0 aliphatic heterocycles. The maximum Gasteiger partial charge on any atom is 0.165 e. The van der Waals surface area contributed by atoms with Gasteiger partial charge in [0, 0.05) is 41.5 Å². The summed E-state index contributed by atoms with van der Waals surface area (Å²) < 4.78 is 0. The first-order valence-electron chi connectivity index (χ1n) is 7.77. The van der Waals surface area contributed by atoms with E-state index in [1.807, 2.05) is 12.3 Å². The van der Waals surface area contributed by atoms with Gasteiger partial charge in [0.05, 0.1) is 0 Å². The fourth-order valence-corrected chi connectivity index (χ4v) is 2.57. The van der Waals surface area contributed by atoms with Gasteiger partial charge in [0.2, 0.25) is 0 Å². The van der Waals surface area contributed by atoms with Gasteiger partial charge in [-0.3, -0.25) is 9.78 Å². The van der Waals surface area contributed by atoms with E-state index in [4.69, 9.17) is 0 Å². The molecule has 1 N–H and O–H groups in total. The lowest BCUT2D eigenvalue weighted by atomic mass is 10.0. The van der Waals surface area contributed by atoms with E-state index in [1.54, 1.807) is 12.4 Å². The van der Waals surface area contributed by atoms with Crippen molar-refractivity contribution in [1.82, 2.24) is 9.97 Å². The normalized spacial score (nSPS) is 11.1. The predicted molar refractivity (Wildman–Crippen MR) is 83.0 cm³/mol. The van der Waals surface area contributed by atoms with Crippen LogP contribution in [0, 0.1) is 0 Å². The van der Waals surface area contributed by atoms with Crippen molar-refractivity contribution in [3.05, 3.63) is 30.2 Å². The Hall–Kier alpha value is -1.64. The number of rotatable bonds is 9. The summed E-state index contributed by atoms with van der Waals surface area (Å²) in [5.74, 6) is 0.234. The van der Waals surface area contributed by atoms with Crippen LogP contribution >= 0.6 is 0 Å². The molecule has 3 heteroatoms. The number of H-pyrrole nitrogens is 1. The van der Waals surface area contributed by atoms with Crippen LogP contribution in [0.15, 0.2) is 24.7 Å². The average Bonchev–Trinajstić information content (AvgIpc) is 2.90. The maximum atomic E-state index is 12.2. The van der Waals surface area contributed by atoms with Crippen molar-refractivity contribution in [2.45, 2.75) is 58.3 Å². The van der Waals surface area contributed by atoms with Crippen LogP contribution in [0.2, 0.25) is 0 Å². The van der Waals surface area contributed by atoms with Gasteiger partial charge in [-0.2, -0.15) is 0 Å². The van der Waals surface area contributed by atoms with Crippen molar-refractivity contribution in [3.8, 4) is 0 Å². The highest BCUT2D eigenvalue weighted by Crippen LogP contribution is 2.19. The largest absolute Gasteiger partial charge is 0.360 e. The number of nitrogens with zero attached hydrogens (tertiary/aromatic N) is 1. The monoisotopic (exact) mass is 272 g/mol. The van der Waals surface area contributed by atoms with Crippen LogP contribution in [-0.2, 0) is 0 Å². The molecule has 3 nitrogen and oxygen atoms in total. The van der Waals surface area contributed by atoms with E-state index in [-0.39, 0.29) is 5.78 Å². The number of aromatic amines is 1. The first kappa shape index (κ1) is 14.8. The molecule has 2 aromatic heterocycles. The summed E-state index contributed by atoms with van der Waals surface area (Å²) in [7, 11) is 0. The number of unbranched alkanes of at least 4 members (excludes halogenated alkanes) is 6. The second-order valence-corrected chi connectivity index (χ2v) is 5.42. The summed E-state index contributed by atoms with van der Waals surface area (Å²) in [6.45, 7) is 2.23. The summed E-state index contributed by atoms with van der Waals surface area (Å²) in [6.07, 6.45) is 14.6. The van der Waals surface area contributed by atoms with Gasteiger partial charge in [-0.25, -0.2) is 0 Å². The summed E-state index contributed by atoms with van der Waals surface area (Å²) in [5.41, 5.74) is 1.78. The smallest absolute Gasteiger partial charge is 0.165 e. The van der Waals surface area contributed by atoms with E-state index in [2.05, 4.69) is 16.9 Å². The van der Waals surface area contributed by atoms with Crippen molar-refractivity contribution >= 4 is 16.7 Å². The Bertz CT molecular complexity index is 545. The van der Waals surface area contributed by atoms with Crippen LogP contribution in [0.3, 0.4) is 0 Å². The Balaban J connectivity index is 1.75. The molecule has 0 fully saturated rings. The van der Waals surface area contributed by atoms with Crippen molar-refractivity contribution in [2.75, 3.05) is 0 Å². The van der Waals surface area contributed by atoms with Gasteiger partial charge in [-0.15, -0.1) is 0 Å². The molecule has 0 saturated heterocycles. The highest BCUT2D eigenvalue weighted by atomic mass is 16.1. The summed E-state index contributed by atoms with van der Waals surface area (Å²) in [6, 6.07) is 1.90. The van der Waals surface area contributed by atoms with E-state index < -0.39 is 0 Å². The lowest BCUT2D eigenvalue weighted by Gasteiger charge is -2.01. The first-order valence-corrected chi connectivity index (χ1v) is 7.77. The molecule has 0 spiro atoms. The molecule has 0 saturated carbocycles. The van der Waals surface area contributed by atoms with Crippen LogP contribution in [0.1, 0.15) is 68.6 Å². The number of fused-ring (bicyclic) bond motifs is 1. The number of carbonyl (C=O) groups is 1. The van der Waals surface area contributed by atoms with E-state index in [9.17, 15) is 4.79 Å². The number of hydrogen-bond donors (Lipinski definition) is 1. The zero-order valence-corrected chi connectivity index (χ0v) is 12.3. The molecule has 0 bridgehead atoms. The number of Topliss-reactive ketones (excluding diaryl/α,β-unsaturated/α-hetero) is 1. The van der Waals surface area contributed by atoms with Crippen molar-refractivity contribution in [1.29, 1.82) is 0 Å². The number of nitrogens with one attached hydrogen (secondary N) is 1. The molecular formula is C17H24N2O. The van der Waals surface area contributed by atoms with Crippen LogP contribution in [0.4, 0.5) is 0 Å². The number of aromatic nitrogens is 2. The standard InChI is InChI=1S/C17H24N2O/c1-2-3-4-5-6-7-8-9-17(20)15-13-19-16-10-11-18-12-14(15)16/h10-13,19H,2-9H2,1H3. The van der Waals surface area contributed by atoms with Gasteiger partial charge in [-0.05, 0) is 12.5 Å². The third-order valence-corrected chi connectivity index (χ3v) is 3.79. The molecule has 0 radical (unpaired) electrons. The van der Waals surface area contributed by atoms with Gasteiger partial charge in [-0.1, -0.05) is 45.4 Å². The summed E-state index contributed by atoms with van der Waals surface area (Å²) in [4.78, 5) is 19.4. The Morgan fingerprint density at radius 1 is 1.15 bits per heavy atom. The molecule has 0 aliphatic rings. The number of ketones is 1. The summed E-state index contributed by atoms with van der Waals surface area (Å²) >= 11 is 0. The van der Waals surface area contributed by atoms with Gasteiger partial charge in [0.25, 0.3) is 0 Å². The lowest BCUT2D eigenvalue weighted by Crippen LogP contribution is -1.97. The predicted octanol–water partition coefficient (Wildman–Crippen LogP) is 4.89. The average molecular weight is 272 g/mol. The molecule has 0 amide bonds. The number of hydrogen-bond acceptors (Lipinski definition) is 2. The Morgan fingerprint density at radius 3 is 2.70 bits per heavy atom. The summed E-state index contributed by atoms with van der Waals surface area (Å²) in [5, 5.41) is 0.945. The molecule has 2 aromatic rings. The van der Waals surface area contributed by atoms with Gasteiger partial charge in [0.1, 0.15) is 0 Å². The first-order chi connectivity index (χ1) is 9.83. The maximum absolute atomic E-state index is 12.2. The molecule has 0 aromatic carbocycles. The van der Waals surface area contributed by atoms with Crippen molar-refractivity contribution < 1.29 is 4.79 Å². The SMILES string of the molecule is CCCCCCCCCC(=O)c1c[nH]c2ccncc12. The second-order valence-electron chi connectivity index (χ2n) is 5.42. The van der Waals surface area contributed by atoms with E-state index in [0.29, 0.717) is 6.42 Å². The fourth-order valence-electron chi connectivity index (χ4n) is 2.57. The minimum Gasteiger partial charge on any atom is -0.360 e. The van der Waals surface area contributed by atoms with Crippen LogP contribution < -0.4 is 0 Å². The Labute approximate surface area is 120 Å². The van der Waals surface area contributed by atoms with E-state index in [1.165, 1.54) is 32.1 Å². The zero-order valence-electron chi connectivity index (χ0n) is 12.3. The molecule has 0 aliphatic carbocycles. The third-order valence-electron chi connectivity index (χ3n) is 3.79. The molecule has 2 rings (SSSR count). The topological polar surface area (TPSA) is 45.8 Å². The molecule has 2 heterocycles. The number of carbonyl (C=O) groups excluding carboxylic acids is 1. The molecule has 0 atom stereocenters. The highest BCUT2D eigenvalue weighted by Gasteiger charge is 2.11. The Morgan fingerprint density at radius 2 is 1.90 bits per heavy atom. The minimum absolute atomic E-state index is 0.234. The van der Waals surface area contributed by atoms with Crippen molar-refractivity contribution in [3.63, 3.8) is 0 Å². The van der Waals surface area contributed by atoms with Gasteiger partial charge >= 0.3 is 0 Å². The van der Waals surface area contributed by atoms with E-state index in [0.717, 1.165) is 29.3 Å². The minimum atomic E-state index is 0.234.